The first-order valence-electron chi connectivity index (χ1n) is 13.1. The van der Waals surface area contributed by atoms with Crippen molar-refractivity contribution in [2.45, 2.75) is 97.3 Å². The Kier molecular flexibility index (Phi) is 7.91. The van der Waals surface area contributed by atoms with Gasteiger partial charge in [-0.05, 0) is 137 Å². The summed E-state index contributed by atoms with van der Waals surface area (Å²) in [6.07, 6.45) is 27.5. The van der Waals surface area contributed by atoms with E-state index in [1.807, 2.05) is 0 Å². The molecule has 5 atom stereocenters. The molecule has 0 nitrogen and oxygen atoms in total. The van der Waals surface area contributed by atoms with Gasteiger partial charge in [0.2, 0.25) is 0 Å². The summed E-state index contributed by atoms with van der Waals surface area (Å²) < 4.78 is 0. The molecule has 164 valence electrons. The van der Waals surface area contributed by atoms with Crippen molar-refractivity contribution in [2.75, 3.05) is 0 Å². The predicted molar refractivity (Wildman–Crippen MR) is 131 cm³/mol. The number of rotatable bonds is 7. The summed E-state index contributed by atoms with van der Waals surface area (Å²) >= 11 is 0. The predicted octanol–water partition coefficient (Wildman–Crippen LogP) is 8.49. The average Bonchev–Trinajstić information content (AvgIpc) is 2.78. The third-order valence-corrected chi connectivity index (χ3v) is 8.78. The van der Waals surface area contributed by atoms with Gasteiger partial charge in [-0.3, -0.25) is 0 Å². The minimum absolute atomic E-state index is 0.958. The van der Waals surface area contributed by atoms with Crippen molar-refractivity contribution in [1.82, 2.24) is 0 Å². The molecule has 0 heteroatoms. The van der Waals surface area contributed by atoms with Gasteiger partial charge in [-0.2, -0.15) is 0 Å². The molecule has 0 spiro atoms. The summed E-state index contributed by atoms with van der Waals surface area (Å²) in [5, 5.41) is 0. The van der Waals surface area contributed by atoms with Gasteiger partial charge >= 0.3 is 0 Å². The lowest BCUT2D eigenvalue weighted by atomic mass is 9.61. The zero-order valence-electron chi connectivity index (χ0n) is 19.6. The molecular weight excluding hydrogens is 360 g/mol. The molecule has 0 heterocycles. The minimum Gasteiger partial charge on any atom is -0.0917 e. The summed E-state index contributed by atoms with van der Waals surface area (Å²) in [5.74, 6) is 5.09. The smallest absolute Gasteiger partial charge is 0.0244 e. The SMILES string of the molecule is C/C=C/CCc1ccc2c(c1)CCC(C1CCC3C[C@H](CC/C=C/C)CC[C@@H]3C1)C2. The highest BCUT2D eigenvalue weighted by Crippen LogP contribution is 2.49. The van der Waals surface area contributed by atoms with Crippen molar-refractivity contribution in [3.63, 3.8) is 0 Å². The fourth-order valence-corrected chi connectivity index (χ4v) is 7.02. The van der Waals surface area contributed by atoms with Crippen LogP contribution in [-0.2, 0) is 19.3 Å². The Balaban J connectivity index is 1.29. The van der Waals surface area contributed by atoms with E-state index in [0.29, 0.717) is 0 Å². The summed E-state index contributed by atoms with van der Waals surface area (Å²) in [4.78, 5) is 0. The molecule has 0 radical (unpaired) electrons. The first-order valence-corrected chi connectivity index (χ1v) is 13.1. The first kappa shape index (κ1) is 21.9. The number of aryl methyl sites for hydroxylation is 2. The van der Waals surface area contributed by atoms with E-state index in [4.69, 9.17) is 0 Å². The maximum absolute atomic E-state index is 2.53. The van der Waals surface area contributed by atoms with Gasteiger partial charge in [0.25, 0.3) is 0 Å². The standard InChI is InChI=1S/C30H44/c1-3-5-7-9-23-11-13-27-21-29(17-15-25(27)19-23)30-18-16-26-20-24(10-8-6-4-2)12-14-28(26)22-30/h3-6,11,13,19,24,26,28-30H,7-10,12,14-18,20-22H2,1-2H3/b5-3+,6-4+/t24-,26?,28-,29?,30?/m1/s1. The topological polar surface area (TPSA) is 0 Å². The molecule has 3 unspecified atom stereocenters. The van der Waals surface area contributed by atoms with Crippen LogP contribution in [0.25, 0.3) is 0 Å². The van der Waals surface area contributed by atoms with Crippen LogP contribution in [0.5, 0.6) is 0 Å². The second-order valence-electron chi connectivity index (χ2n) is 10.6. The molecule has 0 bridgehead atoms. The highest BCUT2D eigenvalue weighted by atomic mass is 14.4. The average molecular weight is 405 g/mol. The number of hydrogen-bond donors (Lipinski definition) is 0. The van der Waals surface area contributed by atoms with Gasteiger partial charge in [-0.15, -0.1) is 0 Å². The third-order valence-electron chi connectivity index (χ3n) is 8.78. The third kappa shape index (κ3) is 5.49. The lowest BCUT2D eigenvalue weighted by Crippen LogP contribution is -2.35. The highest BCUT2D eigenvalue weighted by molar-refractivity contribution is 5.34. The van der Waals surface area contributed by atoms with Gasteiger partial charge in [-0.25, -0.2) is 0 Å². The van der Waals surface area contributed by atoms with Crippen molar-refractivity contribution in [2.24, 2.45) is 29.6 Å². The lowest BCUT2D eigenvalue weighted by molar-refractivity contribution is 0.0699. The molecular formula is C30H44. The molecule has 3 aliphatic carbocycles. The van der Waals surface area contributed by atoms with Crippen LogP contribution < -0.4 is 0 Å². The summed E-state index contributed by atoms with van der Waals surface area (Å²) in [6.45, 7) is 4.28. The van der Waals surface area contributed by atoms with Crippen LogP contribution in [-0.4, -0.2) is 0 Å². The molecule has 2 saturated carbocycles. The van der Waals surface area contributed by atoms with E-state index in [0.717, 1.165) is 29.6 Å². The number of benzene rings is 1. The monoisotopic (exact) mass is 404 g/mol. The van der Waals surface area contributed by atoms with Crippen LogP contribution in [0.3, 0.4) is 0 Å². The zero-order valence-corrected chi connectivity index (χ0v) is 19.6. The van der Waals surface area contributed by atoms with Crippen LogP contribution in [0.2, 0.25) is 0 Å². The summed E-state index contributed by atoms with van der Waals surface area (Å²) in [7, 11) is 0. The van der Waals surface area contributed by atoms with E-state index in [-0.39, 0.29) is 0 Å². The molecule has 1 aromatic rings. The van der Waals surface area contributed by atoms with E-state index in [1.165, 1.54) is 76.2 Å². The van der Waals surface area contributed by atoms with E-state index < -0.39 is 0 Å². The van der Waals surface area contributed by atoms with Crippen molar-refractivity contribution in [3.05, 3.63) is 59.2 Å². The number of fused-ring (bicyclic) bond motifs is 2. The Bertz CT molecular complexity index is 724. The maximum atomic E-state index is 2.53. The first-order chi connectivity index (χ1) is 14.8. The fraction of sp³-hybridized carbons (Fsp3) is 0.667. The molecule has 4 rings (SSSR count). The van der Waals surface area contributed by atoms with Crippen LogP contribution >= 0.6 is 0 Å². The summed E-state index contributed by atoms with van der Waals surface area (Å²) in [5.41, 5.74) is 4.88. The molecule has 0 N–H and O–H groups in total. The van der Waals surface area contributed by atoms with Crippen LogP contribution in [0.15, 0.2) is 42.5 Å². The molecule has 2 fully saturated rings. The fourth-order valence-electron chi connectivity index (χ4n) is 7.02. The van der Waals surface area contributed by atoms with Gasteiger partial charge in [-0.1, -0.05) is 48.9 Å². The molecule has 30 heavy (non-hydrogen) atoms. The van der Waals surface area contributed by atoms with Gasteiger partial charge < -0.3 is 0 Å². The van der Waals surface area contributed by atoms with E-state index in [9.17, 15) is 0 Å². The molecule has 0 aliphatic heterocycles. The largest absolute Gasteiger partial charge is 0.0917 e. The van der Waals surface area contributed by atoms with Crippen molar-refractivity contribution in [3.8, 4) is 0 Å². The zero-order chi connectivity index (χ0) is 20.8. The normalized spacial score (nSPS) is 31.7. The Hall–Kier alpha value is -1.30. The van der Waals surface area contributed by atoms with Crippen LogP contribution in [0.1, 0.15) is 94.7 Å². The van der Waals surface area contributed by atoms with Gasteiger partial charge in [0.1, 0.15) is 0 Å². The van der Waals surface area contributed by atoms with Crippen molar-refractivity contribution in [1.29, 1.82) is 0 Å². The Morgan fingerprint density at radius 2 is 1.50 bits per heavy atom. The molecule has 1 aromatic carbocycles. The van der Waals surface area contributed by atoms with E-state index in [2.05, 4.69) is 56.4 Å². The van der Waals surface area contributed by atoms with Crippen molar-refractivity contribution < 1.29 is 0 Å². The lowest BCUT2D eigenvalue weighted by Gasteiger charge is -2.45. The second-order valence-corrected chi connectivity index (χ2v) is 10.6. The Morgan fingerprint density at radius 3 is 2.33 bits per heavy atom. The summed E-state index contributed by atoms with van der Waals surface area (Å²) in [6, 6.07) is 7.42. The van der Waals surface area contributed by atoms with E-state index in [1.54, 1.807) is 24.0 Å². The van der Waals surface area contributed by atoms with Crippen LogP contribution in [0, 0.1) is 29.6 Å². The molecule has 0 aromatic heterocycles. The quantitative estimate of drug-likeness (QED) is 0.400. The van der Waals surface area contributed by atoms with E-state index >= 15 is 0 Å². The maximum Gasteiger partial charge on any atom is -0.0244 e. The molecule has 0 saturated heterocycles. The van der Waals surface area contributed by atoms with Crippen molar-refractivity contribution >= 4 is 0 Å². The van der Waals surface area contributed by atoms with Gasteiger partial charge in [0.05, 0.1) is 0 Å². The Morgan fingerprint density at radius 1 is 0.767 bits per heavy atom. The number of allylic oxidation sites excluding steroid dienone is 4. The molecule has 3 aliphatic rings. The molecule has 0 amide bonds. The van der Waals surface area contributed by atoms with Gasteiger partial charge in [0.15, 0.2) is 0 Å². The minimum atomic E-state index is 0.958. The van der Waals surface area contributed by atoms with Gasteiger partial charge in [0, 0.05) is 0 Å². The Labute approximate surface area is 186 Å². The number of hydrogen-bond acceptors (Lipinski definition) is 0. The highest BCUT2D eigenvalue weighted by Gasteiger charge is 2.38. The second kappa shape index (κ2) is 10.8. The van der Waals surface area contributed by atoms with Crippen LogP contribution in [0.4, 0.5) is 0 Å².